The molecule has 1 saturated carbocycles. The quantitative estimate of drug-likeness (QED) is 0.919. The average Bonchev–Trinajstić information content (AvgIpc) is 3.00. The molecule has 1 aliphatic heterocycles. The first kappa shape index (κ1) is 12.8. The van der Waals surface area contributed by atoms with Gasteiger partial charge in [0.05, 0.1) is 6.04 Å². The normalized spacial score (nSPS) is 22.6. The maximum absolute atomic E-state index is 4.76. The first-order valence-electron chi connectivity index (χ1n) is 8.03. The van der Waals surface area contributed by atoms with Crippen molar-refractivity contribution in [1.82, 2.24) is 19.7 Å². The van der Waals surface area contributed by atoms with Crippen molar-refractivity contribution in [2.24, 2.45) is 5.92 Å². The van der Waals surface area contributed by atoms with Gasteiger partial charge in [-0.15, -0.1) is 5.10 Å². The van der Waals surface area contributed by atoms with E-state index in [0.29, 0.717) is 6.04 Å². The summed E-state index contributed by atoms with van der Waals surface area (Å²) in [6.45, 7) is 1.00. The molecule has 3 heterocycles. The third-order valence-electron chi connectivity index (χ3n) is 4.76. The topological polar surface area (TPSA) is 55.6 Å². The van der Waals surface area contributed by atoms with Crippen LogP contribution in [-0.4, -0.2) is 26.3 Å². The number of aromatic nitrogens is 4. The molecule has 1 atom stereocenters. The Bertz CT molecular complexity index is 600. The zero-order chi connectivity index (χ0) is 14.1. The summed E-state index contributed by atoms with van der Waals surface area (Å²) in [5.41, 5.74) is 0.851. The summed E-state index contributed by atoms with van der Waals surface area (Å²) >= 11 is 0. The number of rotatable bonds is 2. The summed E-state index contributed by atoms with van der Waals surface area (Å²) in [6, 6.07) is 6.38. The van der Waals surface area contributed by atoms with Gasteiger partial charge in [-0.05, 0) is 37.3 Å². The number of hydrogen-bond acceptors (Lipinski definition) is 4. The second-order valence-electron chi connectivity index (χ2n) is 6.10. The van der Waals surface area contributed by atoms with E-state index >= 15 is 0 Å². The van der Waals surface area contributed by atoms with E-state index in [2.05, 4.69) is 20.0 Å². The van der Waals surface area contributed by atoms with Crippen LogP contribution in [0.25, 0.3) is 11.5 Å². The Morgan fingerprint density at radius 1 is 1.10 bits per heavy atom. The van der Waals surface area contributed by atoms with Crippen molar-refractivity contribution < 1.29 is 0 Å². The van der Waals surface area contributed by atoms with E-state index in [-0.39, 0.29) is 0 Å². The molecule has 0 radical (unpaired) electrons. The molecule has 1 unspecified atom stereocenters. The summed E-state index contributed by atoms with van der Waals surface area (Å²) < 4.78 is 2.13. The highest BCUT2D eigenvalue weighted by molar-refractivity contribution is 5.51. The molecular formula is C16H21N5. The van der Waals surface area contributed by atoms with Gasteiger partial charge >= 0.3 is 0 Å². The van der Waals surface area contributed by atoms with Crippen molar-refractivity contribution in [3.05, 3.63) is 24.4 Å². The van der Waals surface area contributed by atoms with Crippen molar-refractivity contribution in [3.63, 3.8) is 0 Å². The number of nitrogens with one attached hydrogen (secondary N) is 1. The Hall–Kier alpha value is -1.91. The van der Waals surface area contributed by atoms with E-state index in [9.17, 15) is 0 Å². The molecule has 4 rings (SSSR count). The summed E-state index contributed by atoms with van der Waals surface area (Å²) in [5, 5.41) is 8.14. The smallest absolute Gasteiger partial charge is 0.222 e. The number of fused-ring (bicyclic) bond motifs is 1. The predicted octanol–water partition coefficient (Wildman–Crippen LogP) is 3.28. The van der Waals surface area contributed by atoms with E-state index in [1.165, 1.54) is 32.1 Å². The van der Waals surface area contributed by atoms with E-state index in [1.54, 1.807) is 6.20 Å². The SMILES string of the molecule is c1ccc(-c2nc3n(n2)C(C2CCCCC2)CCN3)nc1. The highest BCUT2D eigenvalue weighted by Gasteiger charge is 2.31. The molecule has 0 amide bonds. The molecule has 1 fully saturated rings. The van der Waals surface area contributed by atoms with Crippen molar-refractivity contribution in [2.75, 3.05) is 11.9 Å². The first-order chi connectivity index (χ1) is 10.4. The lowest BCUT2D eigenvalue weighted by atomic mass is 9.82. The Labute approximate surface area is 124 Å². The van der Waals surface area contributed by atoms with Gasteiger partial charge in [0.2, 0.25) is 11.8 Å². The Balaban J connectivity index is 1.66. The van der Waals surface area contributed by atoms with Crippen LogP contribution in [0.4, 0.5) is 5.95 Å². The van der Waals surface area contributed by atoms with Crippen molar-refractivity contribution in [1.29, 1.82) is 0 Å². The molecule has 2 aromatic heterocycles. The lowest BCUT2D eigenvalue weighted by Gasteiger charge is -2.33. The second-order valence-corrected chi connectivity index (χ2v) is 6.10. The minimum Gasteiger partial charge on any atom is -0.354 e. The van der Waals surface area contributed by atoms with E-state index in [1.807, 2.05) is 18.2 Å². The van der Waals surface area contributed by atoms with Gasteiger partial charge in [-0.3, -0.25) is 4.98 Å². The van der Waals surface area contributed by atoms with Gasteiger partial charge in [-0.1, -0.05) is 25.3 Å². The number of pyridine rings is 1. The molecule has 0 spiro atoms. The molecule has 21 heavy (non-hydrogen) atoms. The van der Waals surface area contributed by atoms with Gasteiger partial charge in [0.15, 0.2) is 0 Å². The lowest BCUT2D eigenvalue weighted by Crippen LogP contribution is -2.30. The third-order valence-corrected chi connectivity index (χ3v) is 4.76. The van der Waals surface area contributed by atoms with Gasteiger partial charge in [0.25, 0.3) is 0 Å². The van der Waals surface area contributed by atoms with Crippen LogP contribution in [0.15, 0.2) is 24.4 Å². The number of anilines is 1. The van der Waals surface area contributed by atoms with Gasteiger partial charge in [0, 0.05) is 12.7 Å². The Kier molecular flexibility index (Phi) is 3.33. The highest BCUT2D eigenvalue weighted by atomic mass is 15.4. The van der Waals surface area contributed by atoms with Crippen molar-refractivity contribution in [2.45, 2.75) is 44.6 Å². The maximum Gasteiger partial charge on any atom is 0.222 e. The maximum atomic E-state index is 4.76. The number of nitrogens with zero attached hydrogens (tertiary/aromatic N) is 4. The fourth-order valence-electron chi connectivity index (χ4n) is 3.69. The molecule has 2 aliphatic rings. The molecule has 5 nitrogen and oxygen atoms in total. The first-order valence-corrected chi connectivity index (χ1v) is 8.03. The van der Waals surface area contributed by atoms with Crippen LogP contribution in [0.1, 0.15) is 44.6 Å². The van der Waals surface area contributed by atoms with Crippen LogP contribution in [0.3, 0.4) is 0 Å². The van der Waals surface area contributed by atoms with Crippen LogP contribution < -0.4 is 5.32 Å². The lowest BCUT2D eigenvalue weighted by molar-refractivity contribution is 0.222. The third kappa shape index (κ3) is 2.41. The summed E-state index contributed by atoms with van der Waals surface area (Å²) in [7, 11) is 0. The van der Waals surface area contributed by atoms with E-state index in [4.69, 9.17) is 5.10 Å². The minimum absolute atomic E-state index is 0.506. The van der Waals surface area contributed by atoms with Gasteiger partial charge in [-0.25, -0.2) is 4.68 Å². The van der Waals surface area contributed by atoms with Gasteiger partial charge < -0.3 is 5.32 Å². The van der Waals surface area contributed by atoms with Gasteiger partial charge in [-0.2, -0.15) is 4.98 Å². The van der Waals surface area contributed by atoms with Gasteiger partial charge in [0.1, 0.15) is 5.69 Å². The minimum atomic E-state index is 0.506. The van der Waals surface area contributed by atoms with Crippen LogP contribution >= 0.6 is 0 Å². The second kappa shape index (κ2) is 5.47. The molecule has 1 N–H and O–H groups in total. The molecule has 110 valence electrons. The van der Waals surface area contributed by atoms with Crippen molar-refractivity contribution in [3.8, 4) is 11.5 Å². The number of hydrogen-bond donors (Lipinski definition) is 1. The Morgan fingerprint density at radius 3 is 2.81 bits per heavy atom. The molecule has 0 bridgehead atoms. The zero-order valence-corrected chi connectivity index (χ0v) is 12.2. The molecular weight excluding hydrogens is 262 g/mol. The van der Waals surface area contributed by atoms with Crippen LogP contribution in [0.2, 0.25) is 0 Å². The fourth-order valence-corrected chi connectivity index (χ4v) is 3.69. The van der Waals surface area contributed by atoms with E-state index in [0.717, 1.165) is 36.4 Å². The summed E-state index contributed by atoms with van der Waals surface area (Å²) in [5.74, 6) is 2.41. The molecule has 0 saturated heterocycles. The summed E-state index contributed by atoms with van der Waals surface area (Å²) in [4.78, 5) is 9.01. The molecule has 0 aromatic carbocycles. The average molecular weight is 283 g/mol. The predicted molar refractivity (Wildman–Crippen MR) is 82.0 cm³/mol. The van der Waals surface area contributed by atoms with E-state index < -0.39 is 0 Å². The Morgan fingerprint density at radius 2 is 2.00 bits per heavy atom. The molecule has 5 heteroatoms. The summed E-state index contributed by atoms with van der Waals surface area (Å²) in [6.07, 6.45) is 9.75. The standard InChI is InChI=1S/C16H21N5/c1-2-6-12(7-3-1)14-9-11-18-16-19-15(20-21(14)16)13-8-4-5-10-17-13/h4-5,8,10,12,14H,1-3,6-7,9,11H2,(H,18,19,20). The highest BCUT2D eigenvalue weighted by Crippen LogP contribution is 2.38. The van der Waals surface area contributed by atoms with Crippen LogP contribution in [-0.2, 0) is 0 Å². The van der Waals surface area contributed by atoms with Crippen LogP contribution in [0.5, 0.6) is 0 Å². The fraction of sp³-hybridized carbons (Fsp3) is 0.562. The largest absolute Gasteiger partial charge is 0.354 e. The molecule has 1 aliphatic carbocycles. The zero-order valence-electron chi connectivity index (χ0n) is 12.2. The monoisotopic (exact) mass is 283 g/mol. The molecule has 2 aromatic rings. The van der Waals surface area contributed by atoms with Crippen molar-refractivity contribution >= 4 is 5.95 Å². The van der Waals surface area contributed by atoms with Crippen LogP contribution in [0, 0.1) is 5.92 Å².